The van der Waals surface area contributed by atoms with Crippen molar-refractivity contribution in [3.05, 3.63) is 53.7 Å². The number of nitrogens with zero attached hydrogens (tertiary/aromatic N) is 1. The minimum absolute atomic E-state index is 0.885. The molecule has 0 spiro atoms. The van der Waals surface area contributed by atoms with E-state index >= 15 is 0 Å². The molecular weight excluding hydrogens is 182 g/mol. The van der Waals surface area contributed by atoms with Gasteiger partial charge >= 0.3 is 0 Å². The smallest absolute Gasteiger partial charge is 0.0705 e. The third-order valence-corrected chi connectivity index (χ3v) is 2.21. The maximum Gasteiger partial charge on any atom is 0.0705 e. The van der Waals surface area contributed by atoms with Gasteiger partial charge in [0.2, 0.25) is 0 Å². The van der Waals surface area contributed by atoms with Gasteiger partial charge in [-0.15, -0.1) is 6.42 Å². The summed E-state index contributed by atoms with van der Waals surface area (Å²) in [4.78, 5) is 4.45. The highest BCUT2D eigenvalue weighted by Crippen LogP contribution is 2.17. The molecule has 0 aliphatic heterocycles. The van der Waals surface area contributed by atoms with E-state index in [0.29, 0.717) is 0 Å². The van der Waals surface area contributed by atoms with Crippen molar-refractivity contribution in [3.63, 3.8) is 0 Å². The molecule has 72 valence electrons. The van der Waals surface area contributed by atoms with E-state index in [-0.39, 0.29) is 0 Å². The van der Waals surface area contributed by atoms with Crippen LogP contribution in [-0.4, -0.2) is 4.98 Å². The molecule has 0 unspecified atom stereocenters. The van der Waals surface area contributed by atoms with Gasteiger partial charge in [-0.25, -0.2) is 0 Å². The lowest BCUT2D eigenvalue weighted by Crippen LogP contribution is -1.86. The van der Waals surface area contributed by atoms with Crippen molar-refractivity contribution in [2.24, 2.45) is 0 Å². The number of rotatable bonds is 1. The van der Waals surface area contributed by atoms with Crippen molar-refractivity contribution in [1.82, 2.24) is 4.98 Å². The largest absolute Gasteiger partial charge is 0.253 e. The lowest BCUT2D eigenvalue weighted by Gasteiger charge is -2.02. The van der Waals surface area contributed by atoms with Crippen LogP contribution in [-0.2, 0) is 0 Å². The first-order chi connectivity index (χ1) is 7.29. The van der Waals surface area contributed by atoms with Crippen LogP contribution >= 0.6 is 0 Å². The average Bonchev–Trinajstić information content (AvgIpc) is 2.29. The molecule has 0 radical (unpaired) electrons. The number of pyridine rings is 1. The Kier molecular flexibility index (Phi) is 2.51. The number of hydrogen-bond acceptors (Lipinski definition) is 1. The summed E-state index contributed by atoms with van der Waals surface area (Å²) in [7, 11) is 0. The molecule has 0 saturated heterocycles. The van der Waals surface area contributed by atoms with E-state index in [4.69, 9.17) is 6.42 Å². The van der Waals surface area contributed by atoms with Crippen LogP contribution in [0, 0.1) is 19.3 Å². The van der Waals surface area contributed by atoms with Gasteiger partial charge < -0.3 is 0 Å². The maximum atomic E-state index is 5.36. The number of benzene rings is 1. The summed E-state index contributed by atoms with van der Waals surface area (Å²) in [5, 5.41) is 0. The SMILES string of the molecule is C#Cc1cccc(-c2cccc(C)n2)c1. The molecule has 1 nitrogen and oxygen atoms in total. The van der Waals surface area contributed by atoms with Gasteiger partial charge in [-0.3, -0.25) is 4.98 Å². The molecular formula is C14H11N. The van der Waals surface area contributed by atoms with Gasteiger partial charge in [0, 0.05) is 16.8 Å². The first-order valence-electron chi connectivity index (χ1n) is 4.80. The molecule has 1 aromatic carbocycles. The van der Waals surface area contributed by atoms with Gasteiger partial charge in [-0.05, 0) is 31.2 Å². The zero-order valence-corrected chi connectivity index (χ0v) is 8.57. The first kappa shape index (κ1) is 9.48. The van der Waals surface area contributed by atoms with Gasteiger partial charge in [-0.2, -0.15) is 0 Å². The number of aromatic nitrogens is 1. The quantitative estimate of drug-likeness (QED) is 0.634. The second-order valence-electron chi connectivity index (χ2n) is 3.39. The average molecular weight is 193 g/mol. The summed E-state index contributed by atoms with van der Waals surface area (Å²) in [5.74, 6) is 2.62. The second kappa shape index (κ2) is 3.98. The van der Waals surface area contributed by atoms with Crippen molar-refractivity contribution in [3.8, 4) is 23.6 Å². The Hall–Kier alpha value is -2.07. The molecule has 0 amide bonds. The van der Waals surface area contributed by atoms with Crippen LogP contribution in [0.2, 0.25) is 0 Å². The highest BCUT2D eigenvalue weighted by Gasteiger charge is 1.99. The molecule has 0 saturated carbocycles. The minimum atomic E-state index is 0.885. The molecule has 0 fully saturated rings. The normalized spacial score (nSPS) is 9.60. The molecule has 0 aliphatic carbocycles. The fourth-order valence-corrected chi connectivity index (χ4v) is 1.47. The number of aryl methyl sites for hydroxylation is 1. The van der Waals surface area contributed by atoms with E-state index in [2.05, 4.69) is 10.9 Å². The maximum absolute atomic E-state index is 5.36. The molecule has 0 atom stereocenters. The predicted molar refractivity (Wildman–Crippen MR) is 62.3 cm³/mol. The van der Waals surface area contributed by atoms with E-state index in [1.165, 1.54) is 0 Å². The topological polar surface area (TPSA) is 12.9 Å². The van der Waals surface area contributed by atoms with Crippen LogP contribution in [0.5, 0.6) is 0 Å². The van der Waals surface area contributed by atoms with Gasteiger partial charge in [0.1, 0.15) is 0 Å². The third kappa shape index (κ3) is 2.05. The van der Waals surface area contributed by atoms with E-state index in [1.807, 2.05) is 49.4 Å². The predicted octanol–water partition coefficient (Wildman–Crippen LogP) is 3.04. The minimum Gasteiger partial charge on any atom is -0.253 e. The Bertz CT molecular complexity index is 521. The first-order valence-corrected chi connectivity index (χ1v) is 4.80. The monoisotopic (exact) mass is 193 g/mol. The Morgan fingerprint density at radius 2 is 1.93 bits per heavy atom. The molecule has 1 heterocycles. The Balaban J connectivity index is 2.50. The van der Waals surface area contributed by atoms with Gasteiger partial charge in [-0.1, -0.05) is 24.1 Å². The standard InChI is InChI=1S/C14H11N/c1-3-12-7-5-8-13(10-12)14-9-4-6-11(2)15-14/h1,4-10H,2H3. The lowest BCUT2D eigenvalue weighted by molar-refractivity contribution is 1.20. The zero-order valence-electron chi connectivity index (χ0n) is 8.57. The summed E-state index contributed by atoms with van der Waals surface area (Å²) in [6.45, 7) is 1.98. The third-order valence-electron chi connectivity index (χ3n) is 2.21. The Morgan fingerprint density at radius 1 is 1.13 bits per heavy atom. The second-order valence-corrected chi connectivity index (χ2v) is 3.39. The fourth-order valence-electron chi connectivity index (χ4n) is 1.47. The summed E-state index contributed by atoms with van der Waals surface area (Å²) in [6.07, 6.45) is 5.36. The molecule has 0 aliphatic rings. The van der Waals surface area contributed by atoms with E-state index in [9.17, 15) is 0 Å². The number of hydrogen-bond donors (Lipinski definition) is 0. The van der Waals surface area contributed by atoms with Crippen molar-refractivity contribution in [2.75, 3.05) is 0 Å². The molecule has 1 heteroatoms. The van der Waals surface area contributed by atoms with Crippen molar-refractivity contribution in [2.45, 2.75) is 6.92 Å². The summed E-state index contributed by atoms with van der Waals surface area (Å²) >= 11 is 0. The van der Waals surface area contributed by atoms with Crippen LogP contribution in [0.25, 0.3) is 11.3 Å². The van der Waals surface area contributed by atoms with E-state index in [1.54, 1.807) is 0 Å². The van der Waals surface area contributed by atoms with Gasteiger partial charge in [0.25, 0.3) is 0 Å². The summed E-state index contributed by atoms with van der Waals surface area (Å²) < 4.78 is 0. The van der Waals surface area contributed by atoms with E-state index < -0.39 is 0 Å². The van der Waals surface area contributed by atoms with Crippen LogP contribution in [0.4, 0.5) is 0 Å². The fraction of sp³-hybridized carbons (Fsp3) is 0.0714. The molecule has 0 N–H and O–H groups in total. The van der Waals surface area contributed by atoms with Crippen LogP contribution < -0.4 is 0 Å². The lowest BCUT2D eigenvalue weighted by atomic mass is 10.1. The van der Waals surface area contributed by atoms with Crippen molar-refractivity contribution >= 4 is 0 Å². The number of terminal acetylenes is 1. The molecule has 0 bridgehead atoms. The van der Waals surface area contributed by atoms with Gasteiger partial charge in [0.15, 0.2) is 0 Å². The van der Waals surface area contributed by atoms with Crippen molar-refractivity contribution < 1.29 is 0 Å². The molecule has 2 rings (SSSR count). The van der Waals surface area contributed by atoms with Crippen LogP contribution in [0.3, 0.4) is 0 Å². The molecule has 15 heavy (non-hydrogen) atoms. The van der Waals surface area contributed by atoms with Crippen LogP contribution in [0.1, 0.15) is 11.3 Å². The molecule has 2 aromatic rings. The van der Waals surface area contributed by atoms with Crippen LogP contribution in [0.15, 0.2) is 42.5 Å². The van der Waals surface area contributed by atoms with Crippen molar-refractivity contribution in [1.29, 1.82) is 0 Å². The highest BCUT2D eigenvalue weighted by atomic mass is 14.7. The summed E-state index contributed by atoms with van der Waals surface area (Å²) in [5.41, 5.74) is 3.93. The molecule has 1 aromatic heterocycles. The summed E-state index contributed by atoms with van der Waals surface area (Å²) in [6, 6.07) is 13.8. The zero-order chi connectivity index (χ0) is 10.7. The highest BCUT2D eigenvalue weighted by molar-refractivity contribution is 5.61. The Labute approximate surface area is 89.8 Å². The van der Waals surface area contributed by atoms with E-state index in [0.717, 1.165) is 22.5 Å². The van der Waals surface area contributed by atoms with Gasteiger partial charge in [0.05, 0.1) is 5.69 Å². The Morgan fingerprint density at radius 3 is 2.67 bits per heavy atom.